The van der Waals surface area contributed by atoms with E-state index in [1.165, 1.54) is 77.0 Å². The quantitative estimate of drug-likeness (QED) is 0.286. The number of hydrogen-bond donors (Lipinski definition) is 1. The topological polar surface area (TPSA) is 32.3 Å². The maximum absolute atomic E-state index is 11.9. The summed E-state index contributed by atoms with van der Waals surface area (Å²) in [7, 11) is 0. The first kappa shape index (κ1) is 25.0. The third kappa shape index (κ3) is 16.6. The number of hydrogen-bond acceptors (Lipinski definition) is 4. The minimum absolute atomic E-state index is 0.415. The van der Waals surface area contributed by atoms with E-state index in [2.05, 4.69) is 17.1 Å². The van der Waals surface area contributed by atoms with E-state index in [1.807, 2.05) is 0 Å². The third-order valence-electron chi connectivity index (χ3n) is 5.58. The van der Waals surface area contributed by atoms with Gasteiger partial charge in [-0.15, -0.1) is 0 Å². The van der Waals surface area contributed by atoms with Gasteiger partial charge in [0.15, 0.2) is 5.12 Å². The van der Waals surface area contributed by atoms with Crippen molar-refractivity contribution in [2.75, 3.05) is 38.5 Å². The zero-order chi connectivity index (χ0) is 19.4. The van der Waals surface area contributed by atoms with Crippen molar-refractivity contribution in [3.8, 4) is 0 Å². The Hall–Kier alpha value is -0.0600. The minimum Gasteiger partial charge on any atom is -0.314 e. The second kappa shape index (κ2) is 19.3. The van der Waals surface area contributed by atoms with Crippen LogP contribution in [0.25, 0.3) is 0 Å². The number of thioether (sulfide) groups is 1. The number of carbonyl (C=O) groups is 1. The lowest BCUT2D eigenvalue weighted by Gasteiger charge is -2.26. The molecule has 3 nitrogen and oxygen atoms in total. The Morgan fingerprint density at radius 2 is 1.30 bits per heavy atom. The predicted octanol–water partition coefficient (Wildman–Crippen LogP) is 6.02. The van der Waals surface area contributed by atoms with Gasteiger partial charge in [0.25, 0.3) is 0 Å². The predicted molar refractivity (Wildman–Crippen MR) is 122 cm³/mol. The SMILES string of the molecule is CCCCCCCCCCCCCCCC(=O)SCCCN1CCNCC1. The second-order valence-corrected chi connectivity index (χ2v) is 9.31. The van der Waals surface area contributed by atoms with Crippen molar-refractivity contribution in [1.29, 1.82) is 0 Å². The van der Waals surface area contributed by atoms with Gasteiger partial charge >= 0.3 is 0 Å². The van der Waals surface area contributed by atoms with Crippen LogP contribution in [0.4, 0.5) is 0 Å². The van der Waals surface area contributed by atoms with Gasteiger partial charge in [0.05, 0.1) is 0 Å². The van der Waals surface area contributed by atoms with Gasteiger partial charge in [0, 0.05) is 38.4 Å². The van der Waals surface area contributed by atoms with Crippen molar-refractivity contribution in [2.24, 2.45) is 0 Å². The van der Waals surface area contributed by atoms with E-state index < -0.39 is 0 Å². The summed E-state index contributed by atoms with van der Waals surface area (Å²) in [5.74, 6) is 1.00. The lowest BCUT2D eigenvalue weighted by atomic mass is 10.0. The molecule has 0 unspecified atom stereocenters. The maximum Gasteiger partial charge on any atom is 0.188 e. The normalized spacial score (nSPS) is 15.3. The molecule has 1 heterocycles. The Morgan fingerprint density at radius 3 is 1.85 bits per heavy atom. The fourth-order valence-corrected chi connectivity index (χ4v) is 4.56. The molecule has 0 radical (unpaired) electrons. The summed E-state index contributed by atoms with van der Waals surface area (Å²) in [6.45, 7) is 8.00. The first-order valence-electron chi connectivity index (χ1n) is 11.9. The number of nitrogens with zero attached hydrogens (tertiary/aromatic N) is 1. The molecule has 0 bridgehead atoms. The van der Waals surface area contributed by atoms with Crippen LogP contribution in [-0.2, 0) is 4.79 Å². The zero-order valence-electron chi connectivity index (χ0n) is 18.1. The molecule has 1 fully saturated rings. The van der Waals surface area contributed by atoms with Crippen molar-refractivity contribution in [3.63, 3.8) is 0 Å². The van der Waals surface area contributed by atoms with E-state index in [9.17, 15) is 4.79 Å². The van der Waals surface area contributed by atoms with Crippen LogP contribution in [0, 0.1) is 0 Å². The van der Waals surface area contributed by atoms with Crippen LogP contribution >= 0.6 is 11.8 Å². The maximum atomic E-state index is 11.9. The molecule has 0 aromatic rings. The lowest BCUT2D eigenvalue weighted by Crippen LogP contribution is -2.43. The third-order valence-corrected chi connectivity index (χ3v) is 6.59. The highest BCUT2D eigenvalue weighted by molar-refractivity contribution is 8.13. The highest BCUT2D eigenvalue weighted by Gasteiger charge is 2.09. The molecule has 0 atom stereocenters. The van der Waals surface area contributed by atoms with Gasteiger partial charge in [-0.3, -0.25) is 4.79 Å². The smallest absolute Gasteiger partial charge is 0.188 e. The summed E-state index contributed by atoms with van der Waals surface area (Å²) in [6.07, 6.45) is 19.7. The van der Waals surface area contributed by atoms with E-state index >= 15 is 0 Å². The van der Waals surface area contributed by atoms with Crippen LogP contribution in [0.15, 0.2) is 0 Å². The van der Waals surface area contributed by atoms with Gasteiger partial charge in [0.1, 0.15) is 0 Å². The van der Waals surface area contributed by atoms with Gasteiger partial charge in [-0.1, -0.05) is 95.7 Å². The molecule has 0 aromatic carbocycles. The molecule has 0 saturated carbocycles. The number of unbranched alkanes of at least 4 members (excludes halogenated alkanes) is 12. The summed E-state index contributed by atoms with van der Waals surface area (Å²) in [4.78, 5) is 14.4. The highest BCUT2D eigenvalue weighted by atomic mass is 32.2. The number of rotatable bonds is 18. The second-order valence-electron chi connectivity index (χ2n) is 8.16. The van der Waals surface area contributed by atoms with Gasteiger partial charge in [-0.25, -0.2) is 0 Å². The van der Waals surface area contributed by atoms with Crippen LogP contribution in [0.3, 0.4) is 0 Å². The van der Waals surface area contributed by atoms with Crippen molar-refractivity contribution in [3.05, 3.63) is 0 Å². The number of nitrogens with one attached hydrogen (secondary N) is 1. The Kier molecular flexibility index (Phi) is 17.8. The molecule has 0 aromatic heterocycles. The van der Waals surface area contributed by atoms with E-state index in [4.69, 9.17) is 0 Å². The summed E-state index contributed by atoms with van der Waals surface area (Å²) >= 11 is 1.57. The molecule has 1 N–H and O–H groups in total. The summed E-state index contributed by atoms with van der Waals surface area (Å²) < 4.78 is 0. The van der Waals surface area contributed by atoms with Crippen LogP contribution in [0.2, 0.25) is 0 Å². The van der Waals surface area contributed by atoms with E-state index in [0.717, 1.165) is 57.7 Å². The van der Waals surface area contributed by atoms with Gasteiger partial charge < -0.3 is 10.2 Å². The molecule has 0 aliphatic carbocycles. The molecule has 0 spiro atoms. The van der Waals surface area contributed by atoms with Crippen molar-refractivity contribution in [1.82, 2.24) is 10.2 Å². The summed E-state index contributed by atoms with van der Waals surface area (Å²) in [6, 6.07) is 0. The Bertz CT molecular complexity index is 332. The summed E-state index contributed by atoms with van der Waals surface area (Å²) in [5.41, 5.74) is 0. The van der Waals surface area contributed by atoms with Crippen LogP contribution < -0.4 is 5.32 Å². The monoisotopic (exact) mass is 398 g/mol. The molecule has 160 valence electrons. The van der Waals surface area contributed by atoms with Gasteiger partial charge in [0.2, 0.25) is 0 Å². The lowest BCUT2D eigenvalue weighted by molar-refractivity contribution is -0.111. The van der Waals surface area contributed by atoms with Gasteiger partial charge in [-0.2, -0.15) is 0 Å². The van der Waals surface area contributed by atoms with Crippen molar-refractivity contribution >= 4 is 16.9 Å². The Morgan fingerprint density at radius 1 is 0.778 bits per heavy atom. The molecule has 27 heavy (non-hydrogen) atoms. The number of piperazine rings is 1. The fourth-order valence-electron chi connectivity index (χ4n) is 3.77. The summed E-state index contributed by atoms with van der Waals surface area (Å²) in [5, 5.41) is 3.80. The zero-order valence-corrected chi connectivity index (χ0v) is 18.9. The standard InChI is InChI=1S/C23H46N2OS/c1-2-3-4-5-6-7-8-9-10-11-12-13-14-16-23(26)27-22-15-19-25-20-17-24-18-21-25/h24H,2-22H2,1H3. The number of carbonyl (C=O) groups excluding carboxylic acids is 1. The average molecular weight is 399 g/mol. The van der Waals surface area contributed by atoms with E-state index in [-0.39, 0.29) is 0 Å². The molecule has 0 amide bonds. The molecule has 1 rings (SSSR count). The van der Waals surface area contributed by atoms with Gasteiger partial charge in [-0.05, 0) is 19.4 Å². The van der Waals surface area contributed by atoms with Crippen LogP contribution in [0.5, 0.6) is 0 Å². The Balaban J connectivity index is 1.74. The molecule has 1 aliphatic heterocycles. The Labute approximate surface area is 173 Å². The molecule has 1 aliphatic rings. The fraction of sp³-hybridized carbons (Fsp3) is 0.957. The molecular weight excluding hydrogens is 352 g/mol. The minimum atomic E-state index is 0.415. The van der Waals surface area contributed by atoms with E-state index in [1.54, 1.807) is 11.8 Å². The first-order chi connectivity index (χ1) is 13.3. The average Bonchev–Trinajstić information content (AvgIpc) is 2.69. The van der Waals surface area contributed by atoms with Crippen LogP contribution in [-0.4, -0.2) is 48.5 Å². The molecular formula is C23H46N2OS. The molecule has 4 heteroatoms. The first-order valence-corrected chi connectivity index (χ1v) is 12.9. The van der Waals surface area contributed by atoms with E-state index in [0.29, 0.717) is 5.12 Å². The van der Waals surface area contributed by atoms with Crippen LogP contribution in [0.1, 0.15) is 103 Å². The van der Waals surface area contributed by atoms with Crippen molar-refractivity contribution in [2.45, 2.75) is 103 Å². The molecule has 1 saturated heterocycles. The van der Waals surface area contributed by atoms with Crippen molar-refractivity contribution < 1.29 is 4.79 Å². The largest absolute Gasteiger partial charge is 0.314 e. The highest BCUT2D eigenvalue weighted by Crippen LogP contribution is 2.15.